The van der Waals surface area contributed by atoms with Crippen molar-refractivity contribution >= 4 is 22.8 Å². The average molecular weight is 407 g/mol. The van der Waals surface area contributed by atoms with Crippen LogP contribution in [0.4, 0.5) is 0 Å². The van der Waals surface area contributed by atoms with Crippen molar-refractivity contribution in [2.24, 2.45) is 0 Å². The molecule has 3 atom stereocenters. The largest absolute Gasteiger partial charge is 0.467 e. The van der Waals surface area contributed by atoms with Gasteiger partial charge in [0.25, 0.3) is 5.91 Å². The molecule has 0 aliphatic heterocycles. The van der Waals surface area contributed by atoms with Crippen LogP contribution in [0.1, 0.15) is 52.4 Å². The third kappa shape index (κ3) is 3.48. The number of fused-ring (bicyclic) bond motifs is 1. The summed E-state index contributed by atoms with van der Waals surface area (Å²) >= 11 is 0. The number of hydrogen-bond acceptors (Lipinski definition) is 5. The van der Waals surface area contributed by atoms with Crippen LogP contribution in [0.25, 0.3) is 11.0 Å². The molecule has 0 saturated heterocycles. The van der Waals surface area contributed by atoms with Crippen LogP contribution in [-0.2, 0) is 9.53 Å². The number of ether oxygens (including phenoxy) is 1. The Balaban J connectivity index is 1.65. The first-order valence-electron chi connectivity index (χ1n) is 9.97. The van der Waals surface area contributed by atoms with Gasteiger partial charge in [-0.15, -0.1) is 0 Å². The second-order valence-corrected chi connectivity index (χ2v) is 8.08. The fourth-order valence-corrected chi connectivity index (χ4v) is 4.08. The maximum atomic E-state index is 13.0. The van der Waals surface area contributed by atoms with E-state index in [-0.39, 0.29) is 0 Å². The minimum absolute atomic E-state index is 0.368. The molecule has 1 heterocycles. The van der Waals surface area contributed by atoms with E-state index in [2.05, 4.69) is 29.6 Å². The van der Waals surface area contributed by atoms with Crippen LogP contribution in [0.3, 0.4) is 0 Å². The number of benzene rings is 2. The van der Waals surface area contributed by atoms with E-state index in [1.807, 2.05) is 24.3 Å². The summed E-state index contributed by atoms with van der Waals surface area (Å²) in [6.45, 7) is 2.56. The van der Waals surface area contributed by atoms with E-state index in [0.717, 1.165) is 12.0 Å². The average Bonchev–Trinajstić information content (AvgIpc) is 3.49. The van der Waals surface area contributed by atoms with Crippen molar-refractivity contribution in [1.29, 1.82) is 0 Å². The molecule has 1 unspecified atom stereocenters. The first kappa shape index (κ1) is 20.2. The number of esters is 1. The van der Waals surface area contributed by atoms with Crippen molar-refractivity contribution in [3.63, 3.8) is 0 Å². The molecular weight excluding hydrogens is 382 g/mol. The zero-order valence-electron chi connectivity index (χ0n) is 17.3. The molecule has 1 aromatic heterocycles. The number of amides is 1. The van der Waals surface area contributed by atoms with Crippen molar-refractivity contribution < 1.29 is 23.8 Å². The van der Waals surface area contributed by atoms with E-state index in [1.165, 1.54) is 19.6 Å². The Morgan fingerprint density at radius 2 is 1.87 bits per heavy atom. The Labute approximate surface area is 174 Å². The van der Waals surface area contributed by atoms with Gasteiger partial charge in [0.05, 0.1) is 19.3 Å². The molecule has 0 radical (unpaired) electrons. The van der Waals surface area contributed by atoms with Gasteiger partial charge in [-0.1, -0.05) is 36.4 Å². The molecule has 0 spiro atoms. The molecule has 1 fully saturated rings. The maximum Gasteiger partial charge on any atom is 0.333 e. The molecule has 2 N–H and O–H groups in total. The van der Waals surface area contributed by atoms with Gasteiger partial charge < -0.3 is 19.6 Å². The highest BCUT2D eigenvalue weighted by Gasteiger charge is 2.40. The van der Waals surface area contributed by atoms with E-state index in [1.54, 1.807) is 6.92 Å². The fraction of sp³-hybridized carbons (Fsp3) is 0.333. The van der Waals surface area contributed by atoms with Gasteiger partial charge in [-0.25, -0.2) is 4.79 Å². The molecule has 30 heavy (non-hydrogen) atoms. The lowest BCUT2D eigenvalue weighted by atomic mass is 10.00. The van der Waals surface area contributed by atoms with Gasteiger partial charge in [0.15, 0.2) is 5.54 Å². The molecule has 6 heteroatoms. The number of carbonyl (C=O) groups excluding carboxylic acids is 2. The summed E-state index contributed by atoms with van der Waals surface area (Å²) in [5.41, 5.74) is 1.92. The number of aryl methyl sites for hydroxylation is 1. The molecule has 4 rings (SSSR count). The number of hydrogen-bond donors (Lipinski definition) is 2. The number of aliphatic hydroxyl groups is 1. The predicted octanol–water partition coefficient (Wildman–Crippen LogP) is 3.67. The number of rotatable bonds is 6. The number of carbonyl (C=O) groups is 2. The first-order chi connectivity index (χ1) is 14.4. The van der Waals surface area contributed by atoms with Gasteiger partial charge in [-0.05, 0) is 55.4 Å². The van der Waals surface area contributed by atoms with Crippen LogP contribution >= 0.6 is 0 Å². The van der Waals surface area contributed by atoms with E-state index < -0.39 is 24.0 Å². The molecule has 156 valence electrons. The highest BCUT2D eigenvalue weighted by Crippen LogP contribution is 2.55. The molecule has 3 aromatic rings. The molecule has 0 bridgehead atoms. The van der Waals surface area contributed by atoms with E-state index in [4.69, 9.17) is 9.15 Å². The SMILES string of the molecule is COC(=O)C(C)(CO)NC(=O)c1c(C)oc2ccc([C@@H]3C[C@H]3c3ccccc3)cc12. The number of aliphatic hydroxyl groups excluding tert-OH is 1. The van der Waals surface area contributed by atoms with Gasteiger partial charge >= 0.3 is 5.97 Å². The Hall–Kier alpha value is -3.12. The van der Waals surface area contributed by atoms with E-state index in [0.29, 0.717) is 34.1 Å². The van der Waals surface area contributed by atoms with Gasteiger partial charge in [-0.2, -0.15) is 0 Å². The number of furan rings is 1. The van der Waals surface area contributed by atoms with Gasteiger partial charge in [0.1, 0.15) is 11.3 Å². The van der Waals surface area contributed by atoms with Crippen molar-refractivity contribution in [2.45, 2.75) is 37.6 Å². The Morgan fingerprint density at radius 1 is 1.17 bits per heavy atom. The Kier molecular flexibility index (Phi) is 5.12. The summed E-state index contributed by atoms with van der Waals surface area (Å²) in [5, 5.41) is 12.9. The monoisotopic (exact) mass is 407 g/mol. The zero-order chi connectivity index (χ0) is 21.5. The summed E-state index contributed by atoms with van der Waals surface area (Å²) in [5.74, 6) is 0.140. The third-order valence-electron chi connectivity index (χ3n) is 5.90. The Bertz CT molecular complexity index is 1100. The van der Waals surface area contributed by atoms with Crippen LogP contribution in [0.5, 0.6) is 0 Å². The lowest BCUT2D eigenvalue weighted by Gasteiger charge is -2.25. The summed E-state index contributed by atoms with van der Waals surface area (Å²) in [6, 6.07) is 16.3. The van der Waals surface area contributed by atoms with Crippen molar-refractivity contribution in [2.75, 3.05) is 13.7 Å². The molecule has 1 amide bonds. The van der Waals surface area contributed by atoms with Gasteiger partial charge in [0.2, 0.25) is 0 Å². The second-order valence-electron chi connectivity index (χ2n) is 8.08. The van der Waals surface area contributed by atoms with Crippen molar-refractivity contribution in [1.82, 2.24) is 5.32 Å². The Morgan fingerprint density at radius 3 is 2.53 bits per heavy atom. The van der Waals surface area contributed by atoms with Crippen LogP contribution in [0.2, 0.25) is 0 Å². The zero-order valence-corrected chi connectivity index (χ0v) is 17.3. The molecule has 1 aliphatic carbocycles. The highest BCUT2D eigenvalue weighted by molar-refractivity contribution is 6.08. The van der Waals surface area contributed by atoms with Crippen molar-refractivity contribution in [3.8, 4) is 0 Å². The summed E-state index contributed by atoms with van der Waals surface area (Å²) < 4.78 is 10.5. The fourth-order valence-electron chi connectivity index (χ4n) is 4.08. The predicted molar refractivity (Wildman–Crippen MR) is 112 cm³/mol. The van der Waals surface area contributed by atoms with E-state index >= 15 is 0 Å². The van der Waals surface area contributed by atoms with E-state index in [9.17, 15) is 14.7 Å². The first-order valence-corrected chi connectivity index (χ1v) is 9.97. The summed E-state index contributed by atoms with van der Waals surface area (Å²) in [6.07, 6.45) is 1.07. The molecular formula is C24H25NO5. The lowest BCUT2D eigenvalue weighted by Crippen LogP contribution is -2.55. The number of methoxy groups -OCH3 is 1. The van der Waals surface area contributed by atoms with Gasteiger partial charge in [0, 0.05) is 5.39 Å². The maximum absolute atomic E-state index is 13.0. The second kappa shape index (κ2) is 7.61. The lowest BCUT2D eigenvalue weighted by molar-refractivity contribution is -0.149. The minimum Gasteiger partial charge on any atom is -0.467 e. The standard InChI is InChI=1S/C24H25NO5/c1-14-21(22(27)25-24(2,13-26)23(28)29-3)19-11-16(9-10-20(19)30-14)18-12-17(18)15-7-5-4-6-8-15/h4-11,17-18,26H,12-13H2,1-3H3,(H,25,27)/t17-,18-,24?/m0/s1. The molecule has 1 aliphatic rings. The quantitative estimate of drug-likeness (QED) is 0.609. The highest BCUT2D eigenvalue weighted by atomic mass is 16.5. The minimum atomic E-state index is -1.53. The van der Waals surface area contributed by atoms with Crippen LogP contribution in [0.15, 0.2) is 52.9 Å². The summed E-state index contributed by atoms with van der Waals surface area (Å²) in [7, 11) is 1.21. The normalized spacial score (nSPS) is 19.9. The molecule has 1 saturated carbocycles. The summed E-state index contributed by atoms with van der Waals surface area (Å²) in [4.78, 5) is 25.0. The van der Waals surface area contributed by atoms with Crippen molar-refractivity contribution in [3.05, 3.63) is 71.0 Å². The smallest absolute Gasteiger partial charge is 0.333 e. The third-order valence-corrected chi connectivity index (χ3v) is 5.90. The van der Waals surface area contributed by atoms with Gasteiger partial charge in [-0.3, -0.25) is 4.79 Å². The number of nitrogens with one attached hydrogen (secondary N) is 1. The van der Waals surface area contributed by atoms with Crippen LogP contribution in [-0.4, -0.2) is 36.2 Å². The molecule has 6 nitrogen and oxygen atoms in total. The van der Waals surface area contributed by atoms with Crippen LogP contribution in [0, 0.1) is 6.92 Å². The van der Waals surface area contributed by atoms with Crippen LogP contribution < -0.4 is 5.32 Å². The molecule has 2 aromatic carbocycles. The topological polar surface area (TPSA) is 88.8 Å².